The maximum atomic E-state index is 13.5. The molecule has 2 aromatic carbocycles. The molecule has 1 heterocycles. The van der Waals surface area contributed by atoms with Gasteiger partial charge in [0, 0.05) is 31.2 Å². The molecule has 0 saturated heterocycles. The van der Waals surface area contributed by atoms with Crippen molar-refractivity contribution in [3.05, 3.63) is 54.5 Å². The highest BCUT2D eigenvalue weighted by molar-refractivity contribution is 5.96. The highest BCUT2D eigenvalue weighted by Crippen LogP contribution is 2.35. The van der Waals surface area contributed by atoms with Crippen LogP contribution in [0.4, 0.5) is 21.5 Å². The van der Waals surface area contributed by atoms with E-state index >= 15 is 0 Å². The molecule has 0 aliphatic heterocycles. The zero-order chi connectivity index (χ0) is 14.3. The van der Waals surface area contributed by atoms with E-state index in [1.165, 1.54) is 12.1 Å². The lowest BCUT2D eigenvalue weighted by molar-refractivity contribution is 0.628. The van der Waals surface area contributed by atoms with Gasteiger partial charge in [-0.25, -0.2) is 4.39 Å². The Kier molecular flexibility index (Phi) is 2.86. The predicted molar refractivity (Wildman–Crippen MR) is 81.8 cm³/mol. The fourth-order valence-electron chi connectivity index (χ4n) is 2.52. The Morgan fingerprint density at radius 2 is 1.85 bits per heavy atom. The molecule has 3 nitrogen and oxygen atoms in total. The lowest BCUT2D eigenvalue weighted by atomic mass is 10.2. The molecule has 3 aromatic rings. The Morgan fingerprint density at radius 1 is 1.10 bits per heavy atom. The molecule has 0 amide bonds. The van der Waals surface area contributed by atoms with Crippen LogP contribution in [0.1, 0.15) is 0 Å². The van der Waals surface area contributed by atoms with Crippen LogP contribution in [0.2, 0.25) is 0 Å². The molecule has 0 spiro atoms. The number of benzene rings is 2. The summed E-state index contributed by atoms with van der Waals surface area (Å²) in [5.74, 6) is -0.290. The second-order valence-corrected chi connectivity index (χ2v) is 4.90. The van der Waals surface area contributed by atoms with E-state index < -0.39 is 0 Å². The summed E-state index contributed by atoms with van der Waals surface area (Å²) in [7, 11) is 3.89. The average molecular weight is 269 g/mol. The quantitative estimate of drug-likeness (QED) is 0.720. The zero-order valence-corrected chi connectivity index (χ0v) is 11.5. The number of halogens is 1. The van der Waals surface area contributed by atoms with Gasteiger partial charge in [0.1, 0.15) is 5.82 Å². The molecule has 2 N–H and O–H groups in total. The lowest BCUT2D eigenvalue weighted by Crippen LogP contribution is -2.11. The van der Waals surface area contributed by atoms with E-state index in [1.54, 1.807) is 6.07 Å². The smallest absolute Gasteiger partial charge is 0.125 e. The second kappa shape index (κ2) is 4.56. The molecule has 0 aliphatic carbocycles. The minimum absolute atomic E-state index is 0.290. The number of hydrogen-bond donors (Lipinski definition) is 1. The molecule has 0 bridgehead atoms. The molecule has 4 heteroatoms. The standard InChI is InChI=1S/C16H16FN3/c1-19-10-16(12-5-3-4-6-14(12)19)20(2)15-9-11(17)7-8-13(15)18/h3-10H,18H2,1-2H3. The number of para-hydroxylation sites is 1. The first-order valence-electron chi connectivity index (χ1n) is 6.41. The Bertz CT molecular complexity index is 776. The Balaban J connectivity index is 2.18. The average Bonchev–Trinajstić information content (AvgIpc) is 2.79. The maximum absolute atomic E-state index is 13.5. The largest absolute Gasteiger partial charge is 0.397 e. The van der Waals surface area contributed by atoms with E-state index in [9.17, 15) is 4.39 Å². The highest BCUT2D eigenvalue weighted by atomic mass is 19.1. The highest BCUT2D eigenvalue weighted by Gasteiger charge is 2.14. The number of hydrogen-bond acceptors (Lipinski definition) is 2. The van der Waals surface area contributed by atoms with Gasteiger partial charge in [-0.1, -0.05) is 18.2 Å². The topological polar surface area (TPSA) is 34.2 Å². The van der Waals surface area contributed by atoms with Crippen LogP contribution in [-0.4, -0.2) is 11.6 Å². The second-order valence-electron chi connectivity index (χ2n) is 4.90. The molecule has 1 aromatic heterocycles. The number of fused-ring (bicyclic) bond motifs is 1. The third kappa shape index (κ3) is 1.90. The first-order valence-corrected chi connectivity index (χ1v) is 6.41. The van der Waals surface area contributed by atoms with Crippen molar-refractivity contribution in [3.63, 3.8) is 0 Å². The molecule has 0 aliphatic rings. The summed E-state index contributed by atoms with van der Waals surface area (Å²) in [6.45, 7) is 0. The molecule has 0 atom stereocenters. The van der Waals surface area contributed by atoms with Crippen LogP contribution in [0, 0.1) is 5.82 Å². The van der Waals surface area contributed by atoms with E-state index in [-0.39, 0.29) is 5.82 Å². The number of nitrogen functional groups attached to an aromatic ring is 1. The molecular formula is C16H16FN3. The van der Waals surface area contributed by atoms with E-state index in [4.69, 9.17) is 5.73 Å². The maximum Gasteiger partial charge on any atom is 0.125 e. The number of aromatic nitrogens is 1. The normalized spacial score (nSPS) is 10.9. The van der Waals surface area contributed by atoms with Gasteiger partial charge in [-0.05, 0) is 24.3 Å². The predicted octanol–water partition coefficient (Wildman–Crippen LogP) is 3.67. The van der Waals surface area contributed by atoms with Crippen LogP contribution in [-0.2, 0) is 7.05 Å². The molecule has 0 fully saturated rings. The van der Waals surface area contributed by atoms with Crippen LogP contribution in [0.5, 0.6) is 0 Å². The van der Waals surface area contributed by atoms with Gasteiger partial charge in [-0.3, -0.25) is 0 Å². The SMILES string of the molecule is CN(c1cc(F)ccc1N)c1cn(C)c2ccccc12. The first-order chi connectivity index (χ1) is 9.58. The van der Waals surface area contributed by atoms with Crippen molar-refractivity contribution in [1.82, 2.24) is 4.57 Å². The fraction of sp³-hybridized carbons (Fsp3) is 0.125. The minimum Gasteiger partial charge on any atom is -0.397 e. The summed E-state index contributed by atoms with van der Waals surface area (Å²) in [6.07, 6.45) is 2.02. The minimum atomic E-state index is -0.290. The van der Waals surface area contributed by atoms with Gasteiger partial charge in [-0.15, -0.1) is 0 Å². The van der Waals surface area contributed by atoms with Crippen molar-refractivity contribution in [2.45, 2.75) is 0 Å². The molecule has 102 valence electrons. The van der Waals surface area contributed by atoms with Crippen LogP contribution < -0.4 is 10.6 Å². The number of nitrogens with zero attached hydrogens (tertiary/aromatic N) is 2. The van der Waals surface area contributed by atoms with Crippen LogP contribution in [0.25, 0.3) is 10.9 Å². The number of rotatable bonds is 2. The Hall–Kier alpha value is -2.49. The lowest BCUT2D eigenvalue weighted by Gasteiger charge is -2.20. The summed E-state index contributed by atoms with van der Waals surface area (Å²) in [5.41, 5.74) is 9.32. The monoisotopic (exact) mass is 269 g/mol. The Labute approximate surface area is 117 Å². The van der Waals surface area contributed by atoms with Gasteiger partial charge in [0.25, 0.3) is 0 Å². The molecular weight excluding hydrogens is 253 g/mol. The molecule has 0 unspecified atom stereocenters. The zero-order valence-electron chi connectivity index (χ0n) is 11.5. The molecule has 3 rings (SSSR count). The fourth-order valence-corrected chi connectivity index (χ4v) is 2.52. The van der Waals surface area contributed by atoms with E-state index in [2.05, 4.69) is 16.7 Å². The van der Waals surface area contributed by atoms with E-state index in [1.807, 2.05) is 37.3 Å². The van der Waals surface area contributed by atoms with Crippen molar-refractivity contribution in [2.75, 3.05) is 17.7 Å². The van der Waals surface area contributed by atoms with Crippen LogP contribution >= 0.6 is 0 Å². The summed E-state index contributed by atoms with van der Waals surface area (Å²) >= 11 is 0. The van der Waals surface area contributed by atoms with Crippen molar-refractivity contribution in [1.29, 1.82) is 0 Å². The van der Waals surface area contributed by atoms with Gasteiger partial charge in [0.2, 0.25) is 0 Å². The molecule has 0 saturated carbocycles. The summed E-state index contributed by atoms with van der Waals surface area (Å²) in [5, 5.41) is 1.11. The van der Waals surface area contributed by atoms with Crippen LogP contribution in [0.3, 0.4) is 0 Å². The van der Waals surface area contributed by atoms with Crippen molar-refractivity contribution in [2.24, 2.45) is 7.05 Å². The van der Waals surface area contributed by atoms with Crippen molar-refractivity contribution in [3.8, 4) is 0 Å². The summed E-state index contributed by atoms with van der Waals surface area (Å²) in [4.78, 5) is 1.92. The Morgan fingerprint density at radius 3 is 2.65 bits per heavy atom. The van der Waals surface area contributed by atoms with E-state index in [0.717, 1.165) is 16.6 Å². The summed E-state index contributed by atoms with van der Waals surface area (Å²) in [6, 6.07) is 12.5. The molecule has 20 heavy (non-hydrogen) atoms. The first kappa shape index (κ1) is 12.5. The van der Waals surface area contributed by atoms with Crippen molar-refractivity contribution < 1.29 is 4.39 Å². The van der Waals surface area contributed by atoms with Gasteiger partial charge in [0.15, 0.2) is 0 Å². The van der Waals surface area contributed by atoms with Crippen molar-refractivity contribution >= 4 is 28.0 Å². The number of nitrogens with two attached hydrogens (primary N) is 1. The van der Waals surface area contributed by atoms with Crippen LogP contribution in [0.15, 0.2) is 48.7 Å². The summed E-state index contributed by atoms with van der Waals surface area (Å²) < 4.78 is 15.5. The molecule has 0 radical (unpaired) electrons. The van der Waals surface area contributed by atoms with E-state index in [0.29, 0.717) is 11.4 Å². The van der Waals surface area contributed by atoms with Gasteiger partial charge >= 0.3 is 0 Å². The number of anilines is 3. The van der Waals surface area contributed by atoms with Gasteiger partial charge in [0.05, 0.1) is 17.1 Å². The van der Waals surface area contributed by atoms with Gasteiger partial charge in [-0.2, -0.15) is 0 Å². The third-order valence-corrected chi connectivity index (χ3v) is 3.59. The third-order valence-electron chi connectivity index (χ3n) is 3.59. The number of aryl methyl sites for hydroxylation is 1. The van der Waals surface area contributed by atoms with Gasteiger partial charge < -0.3 is 15.2 Å².